The average molecular weight is 329 g/mol. The topological polar surface area (TPSA) is 53.3 Å². The number of amides is 1. The van der Waals surface area contributed by atoms with Crippen LogP contribution in [0.2, 0.25) is 0 Å². The molecular formula is C13H14BrFN2O2. The van der Waals surface area contributed by atoms with Crippen molar-refractivity contribution in [3.8, 4) is 11.8 Å². The minimum Gasteiger partial charge on any atom is -0.493 e. The third-order valence-corrected chi connectivity index (χ3v) is 2.86. The summed E-state index contributed by atoms with van der Waals surface area (Å²) < 4.78 is 19.0. The van der Waals surface area contributed by atoms with E-state index < -0.39 is 5.82 Å². The SMILES string of the molecule is CN(CCC#N)C(=O)CCOc1cc(F)cc(Br)c1. The van der Waals surface area contributed by atoms with E-state index in [1.165, 1.54) is 17.0 Å². The molecule has 4 nitrogen and oxygen atoms in total. The summed E-state index contributed by atoms with van der Waals surface area (Å²) in [6.45, 7) is 0.576. The van der Waals surface area contributed by atoms with Gasteiger partial charge in [0.05, 0.1) is 25.5 Å². The maximum absolute atomic E-state index is 13.1. The van der Waals surface area contributed by atoms with Gasteiger partial charge in [0.1, 0.15) is 11.6 Å². The molecule has 0 N–H and O–H groups in total. The van der Waals surface area contributed by atoms with Crippen LogP contribution in [-0.4, -0.2) is 31.0 Å². The second kappa shape index (κ2) is 7.74. The van der Waals surface area contributed by atoms with Crippen molar-refractivity contribution in [2.75, 3.05) is 20.2 Å². The van der Waals surface area contributed by atoms with Crippen molar-refractivity contribution >= 4 is 21.8 Å². The summed E-state index contributed by atoms with van der Waals surface area (Å²) in [6.07, 6.45) is 0.496. The highest BCUT2D eigenvalue weighted by atomic mass is 79.9. The van der Waals surface area contributed by atoms with Crippen LogP contribution in [0.15, 0.2) is 22.7 Å². The normalized spacial score (nSPS) is 9.79. The molecular weight excluding hydrogens is 315 g/mol. The van der Waals surface area contributed by atoms with Gasteiger partial charge in [-0.3, -0.25) is 4.79 Å². The minimum atomic E-state index is -0.401. The van der Waals surface area contributed by atoms with Gasteiger partial charge in [0, 0.05) is 24.1 Å². The van der Waals surface area contributed by atoms with Gasteiger partial charge in [0.15, 0.2) is 0 Å². The van der Waals surface area contributed by atoms with E-state index in [-0.39, 0.29) is 18.9 Å². The van der Waals surface area contributed by atoms with E-state index in [2.05, 4.69) is 15.9 Å². The number of carbonyl (C=O) groups is 1. The summed E-state index contributed by atoms with van der Waals surface area (Å²) in [7, 11) is 1.64. The van der Waals surface area contributed by atoms with E-state index in [1.807, 2.05) is 6.07 Å². The van der Waals surface area contributed by atoms with Gasteiger partial charge in [-0.05, 0) is 12.1 Å². The van der Waals surface area contributed by atoms with Crippen molar-refractivity contribution in [3.63, 3.8) is 0 Å². The molecule has 0 heterocycles. The van der Waals surface area contributed by atoms with Crippen LogP contribution in [0.5, 0.6) is 5.75 Å². The third kappa shape index (κ3) is 5.71. The number of nitriles is 1. The summed E-state index contributed by atoms with van der Waals surface area (Å²) in [5, 5.41) is 8.42. The predicted molar refractivity (Wildman–Crippen MR) is 72.1 cm³/mol. The first-order valence-corrected chi connectivity index (χ1v) is 6.52. The first-order valence-electron chi connectivity index (χ1n) is 5.72. The zero-order valence-electron chi connectivity index (χ0n) is 10.5. The Morgan fingerprint density at radius 1 is 1.53 bits per heavy atom. The molecule has 0 bridgehead atoms. The van der Waals surface area contributed by atoms with Gasteiger partial charge in [0.2, 0.25) is 5.91 Å². The molecule has 0 unspecified atom stereocenters. The Morgan fingerprint density at radius 2 is 2.26 bits per heavy atom. The van der Waals surface area contributed by atoms with Crippen molar-refractivity contribution < 1.29 is 13.9 Å². The standard InChI is InChI=1S/C13H14BrFN2O2/c1-17(5-2-4-16)13(18)3-6-19-12-8-10(14)7-11(15)9-12/h7-9H,2-3,5-6H2,1H3. The summed E-state index contributed by atoms with van der Waals surface area (Å²) in [5.74, 6) is -0.132. The highest BCUT2D eigenvalue weighted by Crippen LogP contribution is 2.20. The fourth-order valence-corrected chi connectivity index (χ4v) is 1.85. The van der Waals surface area contributed by atoms with Gasteiger partial charge in [0.25, 0.3) is 0 Å². The van der Waals surface area contributed by atoms with Gasteiger partial charge in [-0.1, -0.05) is 15.9 Å². The molecule has 0 aliphatic carbocycles. The van der Waals surface area contributed by atoms with Gasteiger partial charge in [-0.15, -0.1) is 0 Å². The zero-order valence-corrected chi connectivity index (χ0v) is 12.1. The molecule has 0 radical (unpaired) electrons. The lowest BCUT2D eigenvalue weighted by atomic mass is 10.3. The smallest absolute Gasteiger partial charge is 0.225 e. The molecule has 0 fully saturated rings. The molecule has 1 amide bonds. The fourth-order valence-electron chi connectivity index (χ4n) is 1.40. The lowest BCUT2D eigenvalue weighted by Gasteiger charge is -2.15. The maximum atomic E-state index is 13.1. The molecule has 1 rings (SSSR count). The van der Waals surface area contributed by atoms with Gasteiger partial charge < -0.3 is 9.64 Å². The molecule has 0 aromatic heterocycles. The van der Waals surface area contributed by atoms with E-state index in [0.29, 0.717) is 23.2 Å². The quantitative estimate of drug-likeness (QED) is 0.806. The molecule has 0 aliphatic rings. The molecule has 19 heavy (non-hydrogen) atoms. The molecule has 0 saturated carbocycles. The highest BCUT2D eigenvalue weighted by Gasteiger charge is 2.08. The van der Waals surface area contributed by atoms with E-state index in [9.17, 15) is 9.18 Å². The number of carbonyl (C=O) groups excluding carboxylic acids is 1. The second-order valence-corrected chi connectivity index (χ2v) is 4.84. The van der Waals surface area contributed by atoms with E-state index in [0.717, 1.165) is 0 Å². The molecule has 1 aromatic carbocycles. The molecule has 6 heteroatoms. The maximum Gasteiger partial charge on any atom is 0.225 e. The monoisotopic (exact) mass is 328 g/mol. The van der Waals surface area contributed by atoms with Crippen LogP contribution < -0.4 is 4.74 Å². The second-order valence-electron chi connectivity index (χ2n) is 3.93. The van der Waals surface area contributed by atoms with E-state index in [1.54, 1.807) is 13.1 Å². The molecule has 0 spiro atoms. The van der Waals surface area contributed by atoms with Crippen molar-refractivity contribution in [2.24, 2.45) is 0 Å². The molecule has 0 saturated heterocycles. The number of nitrogens with zero attached hydrogens (tertiary/aromatic N) is 2. The Morgan fingerprint density at radius 3 is 2.89 bits per heavy atom. The van der Waals surface area contributed by atoms with Crippen LogP contribution in [0.25, 0.3) is 0 Å². The number of rotatable bonds is 6. The average Bonchev–Trinajstić information content (AvgIpc) is 2.34. The van der Waals surface area contributed by atoms with Crippen LogP contribution in [0, 0.1) is 17.1 Å². The lowest BCUT2D eigenvalue weighted by Crippen LogP contribution is -2.28. The number of ether oxygens (including phenoxy) is 1. The van der Waals surface area contributed by atoms with Gasteiger partial charge in [-0.2, -0.15) is 5.26 Å². The van der Waals surface area contributed by atoms with Gasteiger partial charge in [-0.25, -0.2) is 4.39 Å². The molecule has 0 atom stereocenters. The first kappa shape index (κ1) is 15.4. The summed E-state index contributed by atoms with van der Waals surface area (Å²) in [5.41, 5.74) is 0. The summed E-state index contributed by atoms with van der Waals surface area (Å²) in [6, 6.07) is 6.19. The van der Waals surface area contributed by atoms with Crippen molar-refractivity contribution in [1.29, 1.82) is 5.26 Å². The number of benzene rings is 1. The summed E-state index contributed by atoms with van der Waals surface area (Å²) >= 11 is 3.16. The van der Waals surface area contributed by atoms with Crippen LogP contribution in [0.1, 0.15) is 12.8 Å². The number of hydrogen-bond donors (Lipinski definition) is 0. The molecule has 1 aromatic rings. The highest BCUT2D eigenvalue weighted by molar-refractivity contribution is 9.10. The van der Waals surface area contributed by atoms with E-state index in [4.69, 9.17) is 10.00 Å². The van der Waals surface area contributed by atoms with Crippen LogP contribution >= 0.6 is 15.9 Å². The van der Waals surface area contributed by atoms with Crippen molar-refractivity contribution in [1.82, 2.24) is 4.90 Å². The first-order chi connectivity index (χ1) is 9.02. The van der Waals surface area contributed by atoms with Gasteiger partial charge >= 0.3 is 0 Å². The zero-order chi connectivity index (χ0) is 14.3. The number of halogens is 2. The van der Waals surface area contributed by atoms with Crippen molar-refractivity contribution in [2.45, 2.75) is 12.8 Å². The predicted octanol–water partition coefficient (Wildman–Crippen LogP) is 2.73. The Balaban J connectivity index is 2.37. The number of hydrogen-bond acceptors (Lipinski definition) is 3. The Hall–Kier alpha value is -1.61. The summed E-state index contributed by atoms with van der Waals surface area (Å²) in [4.78, 5) is 13.1. The third-order valence-electron chi connectivity index (χ3n) is 2.41. The van der Waals surface area contributed by atoms with Crippen LogP contribution in [0.3, 0.4) is 0 Å². The Kier molecular flexibility index (Phi) is 6.30. The fraction of sp³-hybridized carbons (Fsp3) is 0.385. The van der Waals surface area contributed by atoms with Crippen molar-refractivity contribution in [3.05, 3.63) is 28.5 Å². The lowest BCUT2D eigenvalue weighted by molar-refractivity contribution is -0.130. The Bertz CT molecular complexity index is 468. The molecule has 102 valence electrons. The molecule has 0 aliphatic heterocycles. The largest absolute Gasteiger partial charge is 0.493 e. The Labute approximate surface area is 119 Å². The minimum absolute atomic E-state index is 0.106. The van der Waals surface area contributed by atoms with Crippen LogP contribution in [0.4, 0.5) is 4.39 Å². The van der Waals surface area contributed by atoms with Crippen LogP contribution in [-0.2, 0) is 4.79 Å². The van der Waals surface area contributed by atoms with E-state index >= 15 is 0 Å².